The lowest BCUT2D eigenvalue weighted by Crippen LogP contribution is -2.17. The summed E-state index contributed by atoms with van der Waals surface area (Å²) in [5.74, 6) is 0.583. The lowest BCUT2D eigenvalue weighted by Gasteiger charge is -2.13. The van der Waals surface area contributed by atoms with E-state index in [1.165, 1.54) is 6.20 Å². The van der Waals surface area contributed by atoms with Crippen LogP contribution in [0.3, 0.4) is 0 Å². The van der Waals surface area contributed by atoms with E-state index in [4.69, 9.17) is 4.74 Å². The second-order valence-electron chi connectivity index (χ2n) is 6.06. The fourth-order valence-corrected chi connectivity index (χ4v) is 2.56. The zero-order chi connectivity index (χ0) is 18.9. The summed E-state index contributed by atoms with van der Waals surface area (Å²) < 4.78 is 5.29. The molecule has 2 aromatic rings. The maximum absolute atomic E-state index is 12.4. The van der Waals surface area contributed by atoms with Crippen LogP contribution in [0, 0.1) is 11.3 Å². The first-order chi connectivity index (χ1) is 12.6. The minimum absolute atomic E-state index is 0.0125. The van der Waals surface area contributed by atoms with Gasteiger partial charge in [-0.05, 0) is 23.6 Å². The van der Waals surface area contributed by atoms with Crippen molar-refractivity contribution in [3.63, 3.8) is 0 Å². The molecule has 0 heterocycles. The van der Waals surface area contributed by atoms with Gasteiger partial charge < -0.3 is 15.4 Å². The molecule has 0 spiro atoms. The number of methoxy groups -OCH3 is 1. The number of nitrogens with one attached hydrogen (secondary N) is 2. The fraction of sp³-hybridized carbons (Fsp3) is 0.238. The standard InChI is InChI=1S/C21H23N3O2/c1-15(2)18-9-5-6-10-19(18)24-21(25)17(12-22)14-23-13-16-8-4-7-11-20(16)26-3/h4-11,14-15,23H,13H2,1-3H3,(H,24,25)/b17-14-. The number of rotatable bonds is 7. The molecule has 0 radical (unpaired) electrons. The molecule has 5 nitrogen and oxygen atoms in total. The third-order valence-electron chi connectivity index (χ3n) is 3.93. The number of para-hydroxylation sites is 2. The van der Waals surface area contributed by atoms with Crippen molar-refractivity contribution < 1.29 is 9.53 Å². The van der Waals surface area contributed by atoms with Crippen LogP contribution < -0.4 is 15.4 Å². The highest BCUT2D eigenvalue weighted by Gasteiger charge is 2.13. The largest absolute Gasteiger partial charge is 0.496 e. The Hall–Kier alpha value is -3.26. The molecule has 0 fully saturated rings. The zero-order valence-electron chi connectivity index (χ0n) is 15.2. The Morgan fingerprint density at radius 3 is 2.58 bits per heavy atom. The molecule has 134 valence electrons. The average molecular weight is 349 g/mol. The van der Waals surface area contributed by atoms with Crippen LogP contribution >= 0.6 is 0 Å². The molecule has 0 aliphatic heterocycles. The van der Waals surface area contributed by atoms with Crippen molar-refractivity contribution in [1.82, 2.24) is 5.32 Å². The Bertz CT molecular complexity index is 835. The SMILES string of the molecule is COc1ccccc1CN/C=C(/C#N)C(=O)Nc1ccccc1C(C)C. The summed E-state index contributed by atoms with van der Waals surface area (Å²) in [6.07, 6.45) is 1.43. The molecule has 2 N–H and O–H groups in total. The van der Waals surface area contributed by atoms with Crippen molar-refractivity contribution in [1.29, 1.82) is 5.26 Å². The van der Waals surface area contributed by atoms with Crippen LogP contribution in [0.15, 0.2) is 60.3 Å². The van der Waals surface area contributed by atoms with Crippen LogP contribution in [-0.4, -0.2) is 13.0 Å². The minimum atomic E-state index is -0.437. The molecule has 0 unspecified atom stereocenters. The Kier molecular flexibility index (Phi) is 6.81. The van der Waals surface area contributed by atoms with E-state index >= 15 is 0 Å². The van der Waals surface area contributed by atoms with Crippen molar-refractivity contribution in [2.75, 3.05) is 12.4 Å². The van der Waals surface area contributed by atoms with Gasteiger partial charge in [-0.2, -0.15) is 5.26 Å². The molecule has 0 atom stereocenters. The van der Waals surface area contributed by atoms with E-state index in [2.05, 4.69) is 24.5 Å². The highest BCUT2D eigenvalue weighted by molar-refractivity contribution is 6.06. The minimum Gasteiger partial charge on any atom is -0.496 e. The van der Waals surface area contributed by atoms with Crippen molar-refractivity contribution in [2.45, 2.75) is 26.3 Å². The molecule has 1 amide bonds. The molecule has 5 heteroatoms. The quantitative estimate of drug-likeness (QED) is 0.586. The smallest absolute Gasteiger partial charge is 0.267 e. The molecular formula is C21H23N3O2. The summed E-state index contributed by atoms with van der Waals surface area (Å²) in [7, 11) is 1.61. The number of nitrogens with zero attached hydrogens (tertiary/aromatic N) is 1. The van der Waals surface area contributed by atoms with Gasteiger partial charge in [0.2, 0.25) is 0 Å². The first-order valence-corrected chi connectivity index (χ1v) is 8.42. The Balaban J connectivity index is 2.07. The molecule has 0 saturated carbocycles. The van der Waals surface area contributed by atoms with Gasteiger partial charge in [-0.25, -0.2) is 0 Å². The Morgan fingerprint density at radius 2 is 1.88 bits per heavy atom. The van der Waals surface area contributed by atoms with E-state index in [0.29, 0.717) is 6.54 Å². The second-order valence-corrected chi connectivity index (χ2v) is 6.06. The predicted octanol–water partition coefficient (Wildman–Crippen LogP) is 3.95. The first kappa shape index (κ1) is 19.1. The Labute approximate surface area is 154 Å². The van der Waals surface area contributed by atoms with Gasteiger partial charge in [-0.3, -0.25) is 4.79 Å². The van der Waals surface area contributed by atoms with Gasteiger partial charge in [0.25, 0.3) is 5.91 Å². The van der Waals surface area contributed by atoms with Crippen molar-refractivity contribution in [3.8, 4) is 11.8 Å². The van der Waals surface area contributed by atoms with Crippen LogP contribution in [0.2, 0.25) is 0 Å². The van der Waals surface area contributed by atoms with Gasteiger partial charge in [-0.15, -0.1) is 0 Å². The zero-order valence-corrected chi connectivity index (χ0v) is 15.2. The molecule has 26 heavy (non-hydrogen) atoms. The van der Waals surface area contributed by atoms with E-state index in [9.17, 15) is 10.1 Å². The van der Waals surface area contributed by atoms with Gasteiger partial charge in [-0.1, -0.05) is 50.2 Å². The summed E-state index contributed by atoms with van der Waals surface area (Å²) >= 11 is 0. The van der Waals surface area contributed by atoms with Crippen LogP contribution in [0.4, 0.5) is 5.69 Å². The predicted molar refractivity (Wildman–Crippen MR) is 103 cm³/mol. The number of amides is 1. The normalized spacial score (nSPS) is 11.0. The van der Waals surface area contributed by atoms with E-state index in [1.807, 2.05) is 54.6 Å². The van der Waals surface area contributed by atoms with Crippen LogP contribution in [-0.2, 0) is 11.3 Å². The summed E-state index contributed by atoms with van der Waals surface area (Å²) in [6.45, 7) is 4.56. The van der Waals surface area contributed by atoms with Gasteiger partial charge in [0.05, 0.1) is 7.11 Å². The maximum atomic E-state index is 12.4. The topological polar surface area (TPSA) is 74.1 Å². The van der Waals surface area contributed by atoms with Crippen LogP contribution in [0.5, 0.6) is 5.75 Å². The monoisotopic (exact) mass is 349 g/mol. The summed E-state index contributed by atoms with van der Waals surface area (Å²) in [5.41, 5.74) is 2.70. The Morgan fingerprint density at radius 1 is 1.19 bits per heavy atom. The molecular weight excluding hydrogens is 326 g/mol. The maximum Gasteiger partial charge on any atom is 0.267 e. The third-order valence-corrected chi connectivity index (χ3v) is 3.93. The summed E-state index contributed by atoms with van der Waals surface area (Å²) in [4.78, 5) is 12.4. The van der Waals surface area contributed by atoms with Gasteiger partial charge in [0.15, 0.2) is 0 Å². The van der Waals surface area contributed by atoms with Crippen LogP contribution in [0.25, 0.3) is 0 Å². The number of carbonyl (C=O) groups excluding carboxylic acids is 1. The van der Waals surface area contributed by atoms with Gasteiger partial charge in [0.1, 0.15) is 17.4 Å². The van der Waals surface area contributed by atoms with E-state index in [1.54, 1.807) is 7.11 Å². The lowest BCUT2D eigenvalue weighted by molar-refractivity contribution is -0.112. The summed E-state index contributed by atoms with van der Waals surface area (Å²) in [5, 5.41) is 15.1. The molecule has 0 bridgehead atoms. The molecule has 0 aliphatic rings. The fourth-order valence-electron chi connectivity index (χ4n) is 2.56. The molecule has 0 saturated heterocycles. The number of hydrogen-bond acceptors (Lipinski definition) is 4. The van der Waals surface area contributed by atoms with Gasteiger partial charge in [0, 0.05) is 24.0 Å². The molecule has 2 rings (SSSR count). The lowest BCUT2D eigenvalue weighted by atomic mass is 10.0. The average Bonchev–Trinajstić information content (AvgIpc) is 2.65. The highest BCUT2D eigenvalue weighted by Crippen LogP contribution is 2.24. The van der Waals surface area contributed by atoms with Crippen molar-refractivity contribution in [3.05, 3.63) is 71.4 Å². The summed E-state index contributed by atoms with van der Waals surface area (Å²) in [6, 6.07) is 17.1. The molecule has 2 aromatic carbocycles. The van der Waals surface area contributed by atoms with Gasteiger partial charge >= 0.3 is 0 Å². The number of benzene rings is 2. The highest BCUT2D eigenvalue weighted by atomic mass is 16.5. The third kappa shape index (κ3) is 4.87. The number of ether oxygens (including phenoxy) is 1. The van der Waals surface area contributed by atoms with E-state index in [0.717, 1.165) is 22.6 Å². The molecule has 0 aliphatic carbocycles. The van der Waals surface area contributed by atoms with Crippen molar-refractivity contribution in [2.24, 2.45) is 0 Å². The number of hydrogen-bond donors (Lipinski definition) is 2. The molecule has 0 aromatic heterocycles. The van der Waals surface area contributed by atoms with E-state index in [-0.39, 0.29) is 11.5 Å². The van der Waals surface area contributed by atoms with Crippen LogP contribution in [0.1, 0.15) is 30.9 Å². The second kappa shape index (κ2) is 9.28. The number of nitriles is 1. The van der Waals surface area contributed by atoms with Crippen molar-refractivity contribution >= 4 is 11.6 Å². The number of carbonyl (C=O) groups is 1. The first-order valence-electron chi connectivity index (χ1n) is 8.42. The van der Waals surface area contributed by atoms with E-state index < -0.39 is 5.91 Å². The number of anilines is 1.